The molecule has 1 amide bonds. The lowest BCUT2D eigenvalue weighted by molar-refractivity contribution is -0.164. The summed E-state index contributed by atoms with van der Waals surface area (Å²) in [6, 6.07) is 8.29. The molecule has 0 spiro atoms. The summed E-state index contributed by atoms with van der Waals surface area (Å²) in [5.41, 5.74) is 0.355. The standard InChI is InChI=1S/C14H15NO6/c1-9(15-12(16)10-7-5-4-6-8-10)21-11(13(17)19-2)14(18)20-3/h4-8,11H,1-3H3. The van der Waals surface area contributed by atoms with Crippen molar-refractivity contribution in [1.29, 1.82) is 0 Å². The fourth-order valence-corrected chi connectivity index (χ4v) is 1.39. The van der Waals surface area contributed by atoms with Crippen LogP contribution in [0.25, 0.3) is 0 Å². The summed E-state index contributed by atoms with van der Waals surface area (Å²) in [6.45, 7) is 1.35. The molecule has 7 nitrogen and oxygen atoms in total. The molecule has 1 aromatic carbocycles. The first-order valence-electron chi connectivity index (χ1n) is 5.96. The molecule has 0 fully saturated rings. The zero-order valence-corrected chi connectivity index (χ0v) is 11.9. The number of carbonyl (C=O) groups excluding carboxylic acids is 3. The number of rotatable bonds is 4. The summed E-state index contributed by atoms with van der Waals surface area (Å²) in [5.74, 6) is -2.58. The average Bonchev–Trinajstić information content (AvgIpc) is 2.51. The zero-order valence-electron chi connectivity index (χ0n) is 11.9. The van der Waals surface area contributed by atoms with Crippen molar-refractivity contribution in [2.24, 2.45) is 4.99 Å². The summed E-state index contributed by atoms with van der Waals surface area (Å²) >= 11 is 0. The first-order chi connectivity index (χ1) is 9.99. The van der Waals surface area contributed by atoms with Crippen LogP contribution in [0.3, 0.4) is 0 Å². The molecule has 0 saturated heterocycles. The molecule has 0 aliphatic rings. The monoisotopic (exact) mass is 293 g/mol. The largest absolute Gasteiger partial charge is 0.466 e. The predicted molar refractivity (Wildman–Crippen MR) is 72.8 cm³/mol. The van der Waals surface area contributed by atoms with Gasteiger partial charge in [-0.3, -0.25) is 4.79 Å². The second kappa shape index (κ2) is 7.78. The quantitative estimate of drug-likeness (QED) is 0.355. The van der Waals surface area contributed by atoms with Crippen LogP contribution in [0.4, 0.5) is 0 Å². The second-order valence-corrected chi connectivity index (χ2v) is 3.85. The van der Waals surface area contributed by atoms with Gasteiger partial charge in [0, 0.05) is 12.5 Å². The van der Waals surface area contributed by atoms with Gasteiger partial charge in [0.2, 0.25) is 0 Å². The lowest BCUT2D eigenvalue weighted by Crippen LogP contribution is -2.36. The Morgan fingerprint density at radius 3 is 2.00 bits per heavy atom. The third kappa shape index (κ3) is 4.72. The van der Waals surface area contributed by atoms with Crippen LogP contribution in [0.1, 0.15) is 17.3 Å². The van der Waals surface area contributed by atoms with E-state index in [1.165, 1.54) is 6.92 Å². The maximum Gasteiger partial charge on any atom is 0.359 e. The Hall–Kier alpha value is -2.70. The van der Waals surface area contributed by atoms with Crippen molar-refractivity contribution in [3.8, 4) is 0 Å². The van der Waals surface area contributed by atoms with Gasteiger partial charge in [-0.25, -0.2) is 9.59 Å². The van der Waals surface area contributed by atoms with Crippen LogP contribution >= 0.6 is 0 Å². The number of hydrogen-bond donors (Lipinski definition) is 0. The van der Waals surface area contributed by atoms with Crippen molar-refractivity contribution < 1.29 is 28.6 Å². The third-order valence-electron chi connectivity index (χ3n) is 2.40. The molecule has 1 rings (SSSR count). The highest BCUT2D eigenvalue weighted by atomic mass is 16.6. The number of ether oxygens (including phenoxy) is 3. The van der Waals surface area contributed by atoms with Gasteiger partial charge in [0.25, 0.3) is 12.0 Å². The summed E-state index contributed by atoms with van der Waals surface area (Å²) < 4.78 is 13.9. The molecule has 21 heavy (non-hydrogen) atoms. The Bertz CT molecular complexity index is 536. The molecule has 0 aromatic heterocycles. The topological polar surface area (TPSA) is 91.3 Å². The first-order valence-corrected chi connectivity index (χ1v) is 5.96. The van der Waals surface area contributed by atoms with Crippen molar-refractivity contribution in [3.63, 3.8) is 0 Å². The number of esters is 2. The molecule has 0 bridgehead atoms. The molecule has 0 atom stereocenters. The molecular formula is C14H15NO6. The van der Waals surface area contributed by atoms with Crippen molar-refractivity contribution in [2.45, 2.75) is 13.0 Å². The normalized spacial score (nSPS) is 11.0. The average molecular weight is 293 g/mol. The van der Waals surface area contributed by atoms with E-state index in [0.717, 1.165) is 14.2 Å². The van der Waals surface area contributed by atoms with E-state index < -0.39 is 23.9 Å². The molecule has 0 radical (unpaired) electrons. The Kier molecular flexibility index (Phi) is 6.06. The molecule has 1 aromatic rings. The Morgan fingerprint density at radius 1 is 1.00 bits per heavy atom. The highest BCUT2D eigenvalue weighted by molar-refractivity contribution is 6.04. The summed E-state index contributed by atoms with van der Waals surface area (Å²) in [7, 11) is 2.20. The molecule has 0 aliphatic heterocycles. The van der Waals surface area contributed by atoms with Crippen LogP contribution in [-0.2, 0) is 23.8 Å². The van der Waals surface area contributed by atoms with Gasteiger partial charge in [-0.05, 0) is 12.1 Å². The summed E-state index contributed by atoms with van der Waals surface area (Å²) in [4.78, 5) is 38.3. The van der Waals surface area contributed by atoms with Crippen LogP contribution < -0.4 is 0 Å². The third-order valence-corrected chi connectivity index (χ3v) is 2.40. The number of methoxy groups -OCH3 is 2. The van der Waals surface area contributed by atoms with Gasteiger partial charge in [0.05, 0.1) is 14.2 Å². The first kappa shape index (κ1) is 16.4. The molecule has 0 saturated carbocycles. The minimum absolute atomic E-state index is 0.148. The van der Waals surface area contributed by atoms with Gasteiger partial charge in [-0.2, -0.15) is 4.99 Å². The van der Waals surface area contributed by atoms with E-state index in [4.69, 9.17) is 4.74 Å². The van der Waals surface area contributed by atoms with Gasteiger partial charge in [-0.15, -0.1) is 0 Å². The minimum Gasteiger partial charge on any atom is -0.466 e. The molecule has 0 N–H and O–H groups in total. The number of aliphatic imine (C=N–C) groups is 1. The van der Waals surface area contributed by atoms with E-state index >= 15 is 0 Å². The molecule has 0 heterocycles. The van der Waals surface area contributed by atoms with Gasteiger partial charge in [0.1, 0.15) is 0 Å². The van der Waals surface area contributed by atoms with Crippen LogP contribution in [0.2, 0.25) is 0 Å². The maximum absolute atomic E-state index is 11.8. The molecule has 112 valence electrons. The smallest absolute Gasteiger partial charge is 0.359 e. The lowest BCUT2D eigenvalue weighted by atomic mass is 10.2. The van der Waals surface area contributed by atoms with Crippen molar-refractivity contribution in [2.75, 3.05) is 14.2 Å². The van der Waals surface area contributed by atoms with Crippen LogP contribution in [0.5, 0.6) is 0 Å². The number of carbonyl (C=O) groups is 3. The molecule has 7 heteroatoms. The van der Waals surface area contributed by atoms with E-state index in [1.54, 1.807) is 30.3 Å². The lowest BCUT2D eigenvalue weighted by Gasteiger charge is -2.13. The van der Waals surface area contributed by atoms with Crippen molar-refractivity contribution in [3.05, 3.63) is 35.9 Å². The van der Waals surface area contributed by atoms with Gasteiger partial charge in [0.15, 0.2) is 5.90 Å². The Morgan fingerprint density at radius 2 is 1.52 bits per heavy atom. The van der Waals surface area contributed by atoms with Crippen LogP contribution in [-0.4, -0.2) is 44.1 Å². The number of benzene rings is 1. The van der Waals surface area contributed by atoms with E-state index in [0.29, 0.717) is 5.56 Å². The van der Waals surface area contributed by atoms with Crippen LogP contribution in [0, 0.1) is 0 Å². The minimum atomic E-state index is -1.62. The van der Waals surface area contributed by atoms with Crippen molar-refractivity contribution in [1.82, 2.24) is 0 Å². The maximum atomic E-state index is 11.8. The van der Waals surface area contributed by atoms with Gasteiger partial charge >= 0.3 is 11.9 Å². The van der Waals surface area contributed by atoms with E-state index in [1.807, 2.05) is 0 Å². The summed E-state index contributed by atoms with van der Waals surface area (Å²) in [6.07, 6.45) is -1.62. The number of hydrogen-bond acceptors (Lipinski definition) is 6. The fraction of sp³-hybridized carbons (Fsp3) is 0.286. The predicted octanol–water partition coefficient (Wildman–Crippen LogP) is 0.976. The fourth-order valence-electron chi connectivity index (χ4n) is 1.39. The van der Waals surface area contributed by atoms with E-state index in [-0.39, 0.29) is 5.90 Å². The Labute approximate surface area is 121 Å². The zero-order chi connectivity index (χ0) is 15.8. The summed E-state index contributed by atoms with van der Waals surface area (Å²) in [5, 5.41) is 0. The van der Waals surface area contributed by atoms with Gasteiger partial charge < -0.3 is 14.2 Å². The number of nitrogens with zero attached hydrogens (tertiary/aromatic N) is 1. The SMILES string of the molecule is COC(=O)C(OC(C)=NC(=O)c1ccccc1)C(=O)OC. The molecule has 0 unspecified atom stereocenters. The highest BCUT2D eigenvalue weighted by Crippen LogP contribution is 2.04. The number of amides is 1. The highest BCUT2D eigenvalue weighted by Gasteiger charge is 2.31. The van der Waals surface area contributed by atoms with Crippen molar-refractivity contribution >= 4 is 23.7 Å². The van der Waals surface area contributed by atoms with Gasteiger partial charge in [-0.1, -0.05) is 18.2 Å². The molecular weight excluding hydrogens is 278 g/mol. The molecule has 0 aliphatic carbocycles. The second-order valence-electron chi connectivity index (χ2n) is 3.85. The van der Waals surface area contributed by atoms with Crippen LogP contribution in [0.15, 0.2) is 35.3 Å². The van der Waals surface area contributed by atoms with E-state index in [2.05, 4.69) is 14.5 Å². The van der Waals surface area contributed by atoms with E-state index in [9.17, 15) is 14.4 Å². The Balaban J connectivity index is 2.84.